The Morgan fingerprint density at radius 3 is 2.86 bits per heavy atom. The lowest BCUT2D eigenvalue weighted by atomic mass is 10.1. The highest BCUT2D eigenvalue weighted by Gasteiger charge is 2.42. The second-order valence-electron chi connectivity index (χ2n) is 7.54. The van der Waals surface area contributed by atoms with Crippen molar-refractivity contribution in [2.24, 2.45) is 0 Å². The molecule has 5 rings (SSSR count). The van der Waals surface area contributed by atoms with E-state index in [1.807, 2.05) is 28.5 Å². The molecule has 2 unspecified atom stereocenters. The van der Waals surface area contributed by atoms with Crippen molar-refractivity contribution in [3.63, 3.8) is 0 Å². The first-order valence-corrected chi connectivity index (χ1v) is 10.8. The fraction of sp³-hybridized carbons (Fsp3) is 0.364. The van der Waals surface area contributed by atoms with Gasteiger partial charge in [-0.05, 0) is 23.9 Å². The predicted molar refractivity (Wildman–Crippen MR) is 111 cm³/mol. The van der Waals surface area contributed by atoms with E-state index in [1.54, 1.807) is 18.3 Å². The van der Waals surface area contributed by atoms with Gasteiger partial charge < -0.3 is 14.1 Å². The first kappa shape index (κ1) is 18.5. The fourth-order valence-electron chi connectivity index (χ4n) is 4.19. The van der Waals surface area contributed by atoms with E-state index in [4.69, 9.17) is 9.15 Å². The van der Waals surface area contributed by atoms with Crippen LogP contribution in [0.4, 0.5) is 0 Å². The van der Waals surface area contributed by atoms with Gasteiger partial charge in [-0.1, -0.05) is 36.4 Å². The molecular formula is C22H23N3O3S. The number of hydrogen-bond acceptors (Lipinski definition) is 6. The summed E-state index contributed by atoms with van der Waals surface area (Å²) in [7, 11) is 0. The molecule has 7 heteroatoms. The summed E-state index contributed by atoms with van der Waals surface area (Å²) in [6.07, 6.45) is 0.0420. The average Bonchev–Trinajstić information content (AvgIpc) is 3.48. The SMILES string of the molecule is Cc1oc(-c2cccs2)nc1C(=O)N1CC2OCCN(Cc3ccccc3)C2C1. The lowest BCUT2D eigenvalue weighted by molar-refractivity contribution is -0.0503. The van der Waals surface area contributed by atoms with Crippen LogP contribution in [-0.2, 0) is 11.3 Å². The molecule has 2 fully saturated rings. The van der Waals surface area contributed by atoms with Gasteiger partial charge >= 0.3 is 0 Å². The zero-order valence-corrected chi connectivity index (χ0v) is 17.1. The topological polar surface area (TPSA) is 58.8 Å². The van der Waals surface area contributed by atoms with Crippen LogP contribution >= 0.6 is 11.3 Å². The molecule has 2 aliphatic heterocycles. The lowest BCUT2D eigenvalue weighted by Crippen LogP contribution is -2.50. The minimum Gasteiger partial charge on any atom is -0.440 e. The zero-order valence-electron chi connectivity index (χ0n) is 16.3. The Morgan fingerprint density at radius 2 is 2.07 bits per heavy atom. The van der Waals surface area contributed by atoms with Crippen molar-refractivity contribution in [1.29, 1.82) is 0 Å². The molecule has 0 saturated carbocycles. The highest BCUT2D eigenvalue weighted by atomic mass is 32.1. The molecule has 2 atom stereocenters. The number of amides is 1. The first-order valence-electron chi connectivity index (χ1n) is 9.89. The number of rotatable bonds is 4. The van der Waals surface area contributed by atoms with Crippen molar-refractivity contribution in [3.8, 4) is 10.8 Å². The molecule has 0 bridgehead atoms. The van der Waals surface area contributed by atoms with Crippen LogP contribution < -0.4 is 0 Å². The summed E-state index contributed by atoms with van der Waals surface area (Å²) < 4.78 is 11.8. The van der Waals surface area contributed by atoms with E-state index in [0.717, 1.165) is 18.0 Å². The van der Waals surface area contributed by atoms with Crippen molar-refractivity contribution in [1.82, 2.24) is 14.8 Å². The van der Waals surface area contributed by atoms with Crippen molar-refractivity contribution in [3.05, 3.63) is 64.9 Å². The Labute approximate surface area is 173 Å². The van der Waals surface area contributed by atoms with E-state index < -0.39 is 0 Å². The second kappa shape index (κ2) is 7.74. The number of aryl methyl sites for hydroxylation is 1. The number of aromatic nitrogens is 1. The number of ether oxygens (including phenoxy) is 1. The standard InChI is InChI=1S/C22H23N3O3S/c1-15-20(23-21(28-15)19-8-5-11-29-19)22(26)25-13-17-18(14-25)27-10-9-24(17)12-16-6-3-2-4-7-16/h2-8,11,17-18H,9-10,12-14H2,1H3. The van der Waals surface area contributed by atoms with Crippen molar-refractivity contribution in [2.75, 3.05) is 26.2 Å². The van der Waals surface area contributed by atoms with E-state index in [-0.39, 0.29) is 18.1 Å². The highest BCUT2D eigenvalue weighted by molar-refractivity contribution is 7.13. The molecule has 2 aromatic heterocycles. The molecule has 150 valence electrons. The number of carbonyl (C=O) groups excluding carboxylic acids is 1. The zero-order chi connectivity index (χ0) is 19.8. The number of carbonyl (C=O) groups is 1. The number of oxazole rings is 1. The molecule has 0 radical (unpaired) electrons. The molecule has 2 saturated heterocycles. The number of hydrogen-bond donors (Lipinski definition) is 0. The minimum atomic E-state index is -0.0771. The molecule has 0 spiro atoms. The van der Waals surface area contributed by atoms with Gasteiger partial charge in [0.2, 0.25) is 5.89 Å². The normalized spacial score (nSPS) is 22.0. The van der Waals surface area contributed by atoms with Crippen LogP contribution in [0.1, 0.15) is 21.8 Å². The van der Waals surface area contributed by atoms with Crippen molar-refractivity contribution < 1.29 is 13.9 Å². The molecule has 6 nitrogen and oxygen atoms in total. The molecule has 1 aromatic carbocycles. The Balaban J connectivity index is 1.32. The fourth-order valence-corrected chi connectivity index (χ4v) is 4.84. The van der Waals surface area contributed by atoms with Gasteiger partial charge in [-0.15, -0.1) is 11.3 Å². The summed E-state index contributed by atoms with van der Waals surface area (Å²) in [6, 6.07) is 14.6. The van der Waals surface area contributed by atoms with E-state index in [2.05, 4.69) is 34.1 Å². The number of fused-ring (bicyclic) bond motifs is 1. The Morgan fingerprint density at radius 1 is 1.21 bits per heavy atom. The van der Waals surface area contributed by atoms with Gasteiger partial charge in [-0.3, -0.25) is 9.69 Å². The predicted octanol–water partition coefficient (Wildman–Crippen LogP) is 3.44. The largest absolute Gasteiger partial charge is 0.440 e. The average molecular weight is 410 g/mol. The van der Waals surface area contributed by atoms with Gasteiger partial charge in [0, 0.05) is 26.2 Å². The van der Waals surface area contributed by atoms with Gasteiger partial charge in [0.25, 0.3) is 5.91 Å². The van der Waals surface area contributed by atoms with E-state index in [9.17, 15) is 4.79 Å². The van der Waals surface area contributed by atoms with Gasteiger partial charge in [-0.2, -0.15) is 0 Å². The highest BCUT2D eigenvalue weighted by Crippen LogP contribution is 2.29. The Kier molecular flexibility index (Phi) is 4.95. The Hall–Kier alpha value is -2.48. The Bertz CT molecular complexity index is 986. The summed E-state index contributed by atoms with van der Waals surface area (Å²) >= 11 is 1.55. The molecule has 3 aromatic rings. The van der Waals surface area contributed by atoms with Crippen LogP contribution in [0.5, 0.6) is 0 Å². The quantitative estimate of drug-likeness (QED) is 0.661. The third-order valence-corrected chi connectivity index (χ3v) is 6.52. The number of likely N-dealkylation sites (tertiary alicyclic amines) is 1. The van der Waals surface area contributed by atoms with Crippen LogP contribution in [0.3, 0.4) is 0 Å². The second-order valence-corrected chi connectivity index (χ2v) is 8.49. The van der Waals surface area contributed by atoms with E-state index in [1.165, 1.54) is 5.56 Å². The van der Waals surface area contributed by atoms with E-state index >= 15 is 0 Å². The monoisotopic (exact) mass is 409 g/mol. The van der Waals surface area contributed by atoms with Crippen LogP contribution in [0.2, 0.25) is 0 Å². The van der Waals surface area contributed by atoms with Gasteiger partial charge in [-0.25, -0.2) is 4.98 Å². The maximum absolute atomic E-state index is 13.2. The summed E-state index contributed by atoms with van der Waals surface area (Å²) in [6.45, 7) is 5.50. The summed E-state index contributed by atoms with van der Waals surface area (Å²) in [5, 5.41) is 1.97. The van der Waals surface area contributed by atoms with Crippen LogP contribution in [0, 0.1) is 6.92 Å². The van der Waals surface area contributed by atoms with Gasteiger partial charge in [0.05, 0.1) is 23.6 Å². The van der Waals surface area contributed by atoms with Gasteiger partial charge in [0.15, 0.2) is 5.69 Å². The molecule has 29 heavy (non-hydrogen) atoms. The molecule has 0 aliphatic carbocycles. The molecular weight excluding hydrogens is 386 g/mol. The summed E-state index contributed by atoms with van der Waals surface area (Å²) in [5.41, 5.74) is 1.69. The molecule has 2 aliphatic rings. The number of thiophene rings is 1. The summed E-state index contributed by atoms with van der Waals surface area (Å²) in [5.74, 6) is 1.00. The lowest BCUT2D eigenvalue weighted by Gasteiger charge is -2.36. The minimum absolute atomic E-state index is 0.0420. The number of benzene rings is 1. The van der Waals surface area contributed by atoms with Crippen LogP contribution in [0.25, 0.3) is 10.8 Å². The molecule has 1 amide bonds. The smallest absolute Gasteiger partial charge is 0.276 e. The third kappa shape index (κ3) is 3.61. The van der Waals surface area contributed by atoms with Crippen molar-refractivity contribution >= 4 is 17.2 Å². The van der Waals surface area contributed by atoms with E-state index in [0.29, 0.717) is 37.0 Å². The first-order chi connectivity index (χ1) is 14.2. The molecule has 0 N–H and O–H groups in total. The molecule has 4 heterocycles. The summed E-state index contributed by atoms with van der Waals surface area (Å²) in [4.78, 5) is 22.9. The number of morpholine rings is 1. The third-order valence-electron chi connectivity index (χ3n) is 5.66. The maximum Gasteiger partial charge on any atom is 0.276 e. The van der Waals surface area contributed by atoms with Crippen LogP contribution in [-0.4, -0.2) is 59.1 Å². The maximum atomic E-state index is 13.2. The van der Waals surface area contributed by atoms with Crippen LogP contribution in [0.15, 0.2) is 52.3 Å². The van der Waals surface area contributed by atoms with Gasteiger partial charge in [0.1, 0.15) is 5.76 Å². The number of nitrogens with zero attached hydrogens (tertiary/aromatic N) is 3. The van der Waals surface area contributed by atoms with Crippen molar-refractivity contribution in [2.45, 2.75) is 25.6 Å².